The van der Waals surface area contributed by atoms with E-state index in [1.807, 2.05) is 6.07 Å². The number of aliphatic hydroxyl groups is 1. The van der Waals surface area contributed by atoms with Crippen LogP contribution in [-0.2, 0) is 16.1 Å². The Morgan fingerprint density at radius 1 is 1.56 bits per heavy atom. The Morgan fingerprint density at radius 3 is 2.88 bits per heavy atom. The minimum absolute atomic E-state index is 0.0636. The van der Waals surface area contributed by atoms with Gasteiger partial charge < -0.3 is 9.84 Å². The minimum atomic E-state index is -0.217. The summed E-state index contributed by atoms with van der Waals surface area (Å²) in [6.07, 6.45) is 0.376. The molecule has 5 heteroatoms. The van der Waals surface area contributed by atoms with Crippen molar-refractivity contribution in [3.63, 3.8) is 0 Å². The summed E-state index contributed by atoms with van der Waals surface area (Å²) in [5, 5.41) is 9.48. The zero-order valence-electron chi connectivity index (χ0n) is 8.90. The highest BCUT2D eigenvalue weighted by molar-refractivity contribution is 7.99. The van der Waals surface area contributed by atoms with Crippen molar-refractivity contribution in [2.75, 3.05) is 12.9 Å². The van der Waals surface area contributed by atoms with Gasteiger partial charge in [0.05, 0.1) is 20.1 Å². The maximum atomic E-state index is 10.9. The summed E-state index contributed by atoms with van der Waals surface area (Å²) in [5.74, 6) is 0.437. The van der Waals surface area contributed by atoms with Crippen molar-refractivity contribution in [2.45, 2.75) is 17.9 Å². The van der Waals surface area contributed by atoms with E-state index in [9.17, 15) is 4.79 Å². The number of benzene rings is 1. The number of carbonyl (C=O) groups excluding carboxylic acids is 1. The van der Waals surface area contributed by atoms with Crippen molar-refractivity contribution in [1.82, 2.24) is 0 Å². The molecule has 0 radical (unpaired) electrons. The Bertz CT molecular complexity index is 368. The van der Waals surface area contributed by atoms with E-state index in [-0.39, 0.29) is 12.6 Å². The van der Waals surface area contributed by atoms with Crippen LogP contribution >= 0.6 is 23.4 Å². The average Bonchev–Trinajstić information content (AvgIpc) is 2.29. The van der Waals surface area contributed by atoms with Crippen LogP contribution in [0.4, 0.5) is 0 Å². The first-order valence-electron chi connectivity index (χ1n) is 4.76. The SMILES string of the molecule is COC(=O)CCSc1ccc(CO)c(Cl)c1. The number of hydrogen-bond donors (Lipinski definition) is 1. The second-order valence-electron chi connectivity index (χ2n) is 3.09. The van der Waals surface area contributed by atoms with Crippen molar-refractivity contribution >= 4 is 29.3 Å². The highest BCUT2D eigenvalue weighted by Gasteiger charge is 2.03. The molecule has 0 heterocycles. The highest BCUT2D eigenvalue weighted by Crippen LogP contribution is 2.25. The fourth-order valence-corrected chi connectivity index (χ4v) is 2.28. The number of aliphatic hydroxyl groups excluding tert-OH is 1. The van der Waals surface area contributed by atoms with Crippen LogP contribution < -0.4 is 0 Å². The molecule has 0 aliphatic heterocycles. The molecule has 1 aromatic carbocycles. The Kier molecular flexibility index (Phi) is 5.66. The van der Waals surface area contributed by atoms with Crippen LogP contribution in [0.3, 0.4) is 0 Å². The van der Waals surface area contributed by atoms with E-state index in [1.165, 1.54) is 18.9 Å². The van der Waals surface area contributed by atoms with Gasteiger partial charge in [-0.05, 0) is 17.7 Å². The van der Waals surface area contributed by atoms with Gasteiger partial charge in [0.15, 0.2) is 0 Å². The highest BCUT2D eigenvalue weighted by atomic mass is 35.5. The third kappa shape index (κ3) is 4.04. The Labute approximate surface area is 104 Å². The Balaban J connectivity index is 2.49. The van der Waals surface area contributed by atoms with Gasteiger partial charge in [0.2, 0.25) is 0 Å². The lowest BCUT2D eigenvalue weighted by Gasteiger charge is -2.04. The third-order valence-electron chi connectivity index (χ3n) is 2.00. The number of esters is 1. The zero-order valence-corrected chi connectivity index (χ0v) is 10.5. The van der Waals surface area contributed by atoms with Crippen molar-refractivity contribution in [3.05, 3.63) is 28.8 Å². The maximum Gasteiger partial charge on any atom is 0.306 e. The third-order valence-corrected chi connectivity index (χ3v) is 3.34. The Morgan fingerprint density at radius 2 is 2.31 bits per heavy atom. The molecule has 0 unspecified atom stereocenters. The number of thioether (sulfide) groups is 1. The lowest BCUT2D eigenvalue weighted by atomic mass is 10.2. The maximum absolute atomic E-state index is 10.9. The first-order valence-corrected chi connectivity index (χ1v) is 6.12. The monoisotopic (exact) mass is 260 g/mol. The van der Waals surface area contributed by atoms with E-state index in [1.54, 1.807) is 12.1 Å². The quantitative estimate of drug-likeness (QED) is 0.653. The fourth-order valence-electron chi connectivity index (χ4n) is 1.10. The molecule has 16 heavy (non-hydrogen) atoms. The minimum Gasteiger partial charge on any atom is -0.469 e. The fraction of sp³-hybridized carbons (Fsp3) is 0.364. The zero-order chi connectivity index (χ0) is 12.0. The normalized spacial score (nSPS) is 10.2. The van der Waals surface area contributed by atoms with Crippen LogP contribution in [0.15, 0.2) is 23.1 Å². The van der Waals surface area contributed by atoms with Gasteiger partial charge >= 0.3 is 5.97 Å². The molecule has 0 amide bonds. The molecule has 0 aliphatic rings. The molecule has 0 saturated carbocycles. The number of methoxy groups -OCH3 is 1. The van der Waals surface area contributed by atoms with Gasteiger partial charge in [-0.15, -0.1) is 11.8 Å². The van der Waals surface area contributed by atoms with Gasteiger partial charge in [0, 0.05) is 15.7 Å². The molecule has 0 saturated heterocycles. The number of hydrogen-bond acceptors (Lipinski definition) is 4. The Hall–Kier alpha value is -0.710. The molecule has 3 nitrogen and oxygen atoms in total. The van der Waals surface area contributed by atoms with Gasteiger partial charge in [-0.25, -0.2) is 0 Å². The molecular weight excluding hydrogens is 248 g/mol. The summed E-state index contributed by atoms with van der Waals surface area (Å²) >= 11 is 7.46. The number of rotatable bonds is 5. The van der Waals surface area contributed by atoms with E-state index in [2.05, 4.69) is 4.74 Å². The van der Waals surface area contributed by atoms with Gasteiger partial charge in [0.1, 0.15) is 0 Å². The lowest BCUT2D eigenvalue weighted by molar-refractivity contribution is -0.140. The molecule has 0 aliphatic carbocycles. The summed E-state index contributed by atoms with van der Waals surface area (Å²) in [4.78, 5) is 11.9. The predicted molar refractivity (Wildman–Crippen MR) is 64.7 cm³/mol. The first-order chi connectivity index (χ1) is 7.67. The number of carbonyl (C=O) groups is 1. The van der Waals surface area contributed by atoms with Crippen LogP contribution in [-0.4, -0.2) is 23.9 Å². The van der Waals surface area contributed by atoms with Crippen molar-refractivity contribution in [3.8, 4) is 0 Å². The van der Waals surface area contributed by atoms with Gasteiger partial charge in [0.25, 0.3) is 0 Å². The summed E-state index contributed by atoms with van der Waals surface area (Å²) in [5.41, 5.74) is 0.707. The second-order valence-corrected chi connectivity index (χ2v) is 4.66. The van der Waals surface area contributed by atoms with Crippen LogP contribution in [0, 0.1) is 0 Å². The van der Waals surface area contributed by atoms with E-state index in [0.29, 0.717) is 22.8 Å². The molecular formula is C11H13ClO3S. The van der Waals surface area contributed by atoms with Crippen molar-refractivity contribution in [2.24, 2.45) is 0 Å². The summed E-state index contributed by atoms with van der Waals surface area (Å²) in [6.45, 7) is -0.0636. The standard InChI is InChI=1S/C11H13ClO3S/c1-15-11(14)4-5-16-9-3-2-8(7-13)10(12)6-9/h2-3,6,13H,4-5,7H2,1H3. The summed E-state index contributed by atoms with van der Waals surface area (Å²) in [6, 6.07) is 5.44. The molecule has 0 fully saturated rings. The van der Waals surface area contributed by atoms with Crippen LogP contribution in [0.25, 0.3) is 0 Å². The van der Waals surface area contributed by atoms with E-state index >= 15 is 0 Å². The summed E-state index contributed by atoms with van der Waals surface area (Å²) < 4.78 is 4.54. The van der Waals surface area contributed by atoms with Crippen LogP contribution in [0.1, 0.15) is 12.0 Å². The average molecular weight is 261 g/mol. The van der Waals surface area contributed by atoms with E-state index in [0.717, 1.165) is 4.90 Å². The summed E-state index contributed by atoms with van der Waals surface area (Å²) in [7, 11) is 1.37. The largest absolute Gasteiger partial charge is 0.469 e. The number of halogens is 1. The molecule has 1 N–H and O–H groups in total. The topological polar surface area (TPSA) is 46.5 Å². The number of ether oxygens (including phenoxy) is 1. The van der Waals surface area contributed by atoms with Gasteiger partial charge in [-0.3, -0.25) is 4.79 Å². The predicted octanol–water partition coefficient (Wildman–Crippen LogP) is 2.49. The van der Waals surface area contributed by atoms with Crippen molar-refractivity contribution < 1.29 is 14.6 Å². The van der Waals surface area contributed by atoms with E-state index < -0.39 is 0 Å². The van der Waals surface area contributed by atoms with Crippen molar-refractivity contribution in [1.29, 1.82) is 0 Å². The lowest BCUT2D eigenvalue weighted by Crippen LogP contribution is -2.00. The smallest absolute Gasteiger partial charge is 0.306 e. The molecule has 0 atom stereocenters. The van der Waals surface area contributed by atoms with Crippen LogP contribution in [0.5, 0.6) is 0 Å². The van der Waals surface area contributed by atoms with Gasteiger partial charge in [-0.2, -0.15) is 0 Å². The van der Waals surface area contributed by atoms with Crippen LogP contribution in [0.2, 0.25) is 5.02 Å². The molecule has 1 aromatic rings. The molecule has 1 rings (SSSR count). The molecule has 0 spiro atoms. The first kappa shape index (κ1) is 13.4. The second kappa shape index (κ2) is 6.78. The van der Waals surface area contributed by atoms with E-state index in [4.69, 9.17) is 16.7 Å². The van der Waals surface area contributed by atoms with Gasteiger partial charge in [-0.1, -0.05) is 17.7 Å². The molecule has 88 valence electrons. The molecule has 0 bridgehead atoms. The molecule has 0 aromatic heterocycles.